The molecule has 3 aromatic carbocycles. The summed E-state index contributed by atoms with van der Waals surface area (Å²) >= 11 is 0. The third-order valence-corrected chi connectivity index (χ3v) is 4.58. The Morgan fingerprint density at radius 2 is 1.33 bits per heavy atom. The van der Waals surface area contributed by atoms with Crippen molar-refractivity contribution in [3.63, 3.8) is 0 Å². The topological polar surface area (TPSA) is 51.0 Å². The van der Waals surface area contributed by atoms with E-state index in [2.05, 4.69) is 5.16 Å². The zero-order chi connectivity index (χ0) is 19.2. The van der Waals surface area contributed by atoms with Gasteiger partial charge in [0.25, 0.3) is 0 Å². The van der Waals surface area contributed by atoms with Gasteiger partial charge in [-0.1, -0.05) is 59.3 Å². The van der Waals surface area contributed by atoms with Gasteiger partial charge >= 0.3 is 0 Å². The smallest absolute Gasteiger partial charge is 0.119 e. The Kier molecular flexibility index (Phi) is 5.77. The molecule has 0 unspecified atom stereocenters. The maximum Gasteiger partial charge on any atom is 0.119 e. The average molecular weight is 361 g/mol. The summed E-state index contributed by atoms with van der Waals surface area (Å²) < 4.78 is 10.8. The molecule has 27 heavy (non-hydrogen) atoms. The van der Waals surface area contributed by atoms with Gasteiger partial charge < -0.3 is 14.7 Å². The SMILES string of the molecule is COc1cccc(C(/C(=N\O)c2ccc(C)cc2)c2cccc(OC)c2)c1. The van der Waals surface area contributed by atoms with E-state index < -0.39 is 0 Å². The molecule has 0 aliphatic carbocycles. The standard InChI is InChI=1S/C23H23NO3/c1-16-10-12-17(13-11-16)23(24-25)22(18-6-4-8-20(14-18)26-2)19-7-5-9-21(15-19)27-3/h4-15,22,25H,1-3H3/b24-23-. The summed E-state index contributed by atoms with van der Waals surface area (Å²) in [5.74, 6) is 1.23. The van der Waals surface area contributed by atoms with Gasteiger partial charge in [-0.05, 0) is 42.3 Å². The second kappa shape index (κ2) is 8.41. The van der Waals surface area contributed by atoms with E-state index in [0.29, 0.717) is 5.71 Å². The molecule has 0 aliphatic heterocycles. The maximum atomic E-state index is 9.92. The highest BCUT2D eigenvalue weighted by molar-refractivity contribution is 6.06. The second-order valence-electron chi connectivity index (χ2n) is 6.34. The number of methoxy groups -OCH3 is 2. The lowest BCUT2D eigenvalue weighted by atomic mass is 9.84. The molecule has 3 rings (SSSR count). The number of hydrogen-bond donors (Lipinski definition) is 1. The molecule has 0 bridgehead atoms. The summed E-state index contributed by atoms with van der Waals surface area (Å²) in [6.45, 7) is 2.03. The van der Waals surface area contributed by atoms with Crippen molar-refractivity contribution >= 4 is 5.71 Å². The maximum absolute atomic E-state index is 9.92. The lowest BCUT2D eigenvalue weighted by Crippen LogP contribution is -2.16. The molecular weight excluding hydrogens is 338 g/mol. The number of ether oxygens (including phenoxy) is 2. The van der Waals surface area contributed by atoms with Crippen LogP contribution in [0.5, 0.6) is 11.5 Å². The Labute approximate surface area is 159 Å². The Hall–Kier alpha value is -3.27. The highest BCUT2D eigenvalue weighted by atomic mass is 16.5. The van der Waals surface area contributed by atoms with Crippen LogP contribution in [0.2, 0.25) is 0 Å². The number of nitrogens with zero attached hydrogens (tertiary/aromatic N) is 1. The molecule has 0 fully saturated rings. The van der Waals surface area contributed by atoms with E-state index in [1.54, 1.807) is 14.2 Å². The normalized spacial score (nSPS) is 11.5. The van der Waals surface area contributed by atoms with Gasteiger partial charge in [-0.25, -0.2) is 0 Å². The van der Waals surface area contributed by atoms with Crippen molar-refractivity contribution in [3.05, 3.63) is 95.1 Å². The van der Waals surface area contributed by atoms with Gasteiger partial charge in [-0.3, -0.25) is 0 Å². The first-order chi connectivity index (χ1) is 13.2. The van der Waals surface area contributed by atoms with E-state index in [9.17, 15) is 5.21 Å². The van der Waals surface area contributed by atoms with Crippen LogP contribution in [-0.4, -0.2) is 25.1 Å². The predicted molar refractivity (Wildman–Crippen MR) is 107 cm³/mol. The fourth-order valence-electron chi connectivity index (χ4n) is 3.16. The van der Waals surface area contributed by atoms with E-state index in [1.807, 2.05) is 79.7 Å². The highest BCUT2D eigenvalue weighted by Crippen LogP contribution is 2.33. The Bertz CT molecular complexity index is 885. The summed E-state index contributed by atoms with van der Waals surface area (Å²) in [7, 11) is 3.28. The van der Waals surface area contributed by atoms with Crippen LogP contribution in [0.15, 0.2) is 78.0 Å². The highest BCUT2D eigenvalue weighted by Gasteiger charge is 2.24. The van der Waals surface area contributed by atoms with Crippen molar-refractivity contribution < 1.29 is 14.7 Å². The molecule has 0 atom stereocenters. The third kappa shape index (κ3) is 4.11. The van der Waals surface area contributed by atoms with Crippen molar-refractivity contribution in [2.45, 2.75) is 12.8 Å². The molecule has 0 amide bonds. The second-order valence-corrected chi connectivity index (χ2v) is 6.34. The molecule has 0 saturated heterocycles. The Balaban J connectivity index is 2.17. The first-order valence-electron chi connectivity index (χ1n) is 8.73. The zero-order valence-corrected chi connectivity index (χ0v) is 15.7. The first-order valence-corrected chi connectivity index (χ1v) is 8.73. The zero-order valence-electron chi connectivity index (χ0n) is 15.7. The average Bonchev–Trinajstić information content (AvgIpc) is 2.72. The molecule has 0 saturated carbocycles. The molecule has 3 aromatic rings. The molecule has 0 aliphatic rings. The number of aryl methyl sites for hydroxylation is 1. The predicted octanol–water partition coefficient (Wildman–Crippen LogP) is 5.02. The summed E-state index contributed by atoms with van der Waals surface area (Å²) in [5.41, 5.74) is 4.51. The van der Waals surface area contributed by atoms with Crippen molar-refractivity contribution in [1.29, 1.82) is 0 Å². The van der Waals surface area contributed by atoms with Gasteiger partial charge in [0.2, 0.25) is 0 Å². The number of benzene rings is 3. The van der Waals surface area contributed by atoms with Crippen LogP contribution in [0.4, 0.5) is 0 Å². The van der Waals surface area contributed by atoms with Crippen molar-refractivity contribution in [2.75, 3.05) is 14.2 Å². The molecule has 0 spiro atoms. The Morgan fingerprint density at radius 3 is 1.78 bits per heavy atom. The van der Waals surface area contributed by atoms with Crippen molar-refractivity contribution in [2.24, 2.45) is 5.16 Å². The number of oxime groups is 1. The van der Waals surface area contributed by atoms with Gasteiger partial charge in [0.05, 0.1) is 25.8 Å². The van der Waals surface area contributed by atoms with E-state index in [1.165, 1.54) is 0 Å². The largest absolute Gasteiger partial charge is 0.497 e. The quantitative estimate of drug-likeness (QED) is 0.381. The fraction of sp³-hybridized carbons (Fsp3) is 0.174. The van der Waals surface area contributed by atoms with E-state index in [0.717, 1.165) is 33.8 Å². The van der Waals surface area contributed by atoms with Crippen molar-refractivity contribution in [1.82, 2.24) is 0 Å². The molecule has 0 heterocycles. The van der Waals surface area contributed by atoms with Gasteiger partial charge in [0, 0.05) is 5.56 Å². The van der Waals surface area contributed by atoms with Crippen LogP contribution >= 0.6 is 0 Å². The third-order valence-electron chi connectivity index (χ3n) is 4.58. The van der Waals surface area contributed by atoms with Crippen LogP contribution < -0.4 is 9.47 Å². The monoisotopic (exact) mass is 361 g/mol. The van der Waals surface area contributed by atoms with E-state index >= 15 is 0 Å². The van der Waals surface area contributed by atoms with Gasteiger partial charge in [0.1, 0.15) is 11.5 Å². The Morgan fingerprint density at radius 1 is 0.815 bits per heavy atom. The lowest BCUT2D eigenvalue weighted by molar-refractivity contribution is 0.317. The van der Waals surface area contributed by atoms with Crippen LogP contribution in [0.3, 0.4) is 0 Å². The molecule has 4 heteroatoms. The van der Waals surface area contributed by atoms with Crippen LogP contribution in [0, 0.1) is 6.92 Å². The molecule has 138 valence electrons. The van der Waals surface area contributed by atoms with Crippen LogP contribution in [-0.2, 0) is 0 Å². The molecule has 1 N–H and O–H groups in total. The number of rotatable bonds is 6. The first kappa shape index (κ1) is 18.5. The minimum atomic E-state index is -0.275. The van der Waals surface area contributed by atoms with Crippen LogP contribution in [0.1, 0.15) is 28.2 Å². The van der Waals surface area contributed by atoms with Crippen LogP contribution in [0.25, 0.3) is 0 Å². The van der Waals surface area contributed by atoms with E-state index in [-0.39, 0.29) is 5.92 Å². The summed E-state index contributed by atoms with van der Waals surface area (Å²) in [6, 6.07) is 23.6. The lowest BCUT2D eigenvalue weighted by Gasteiger charge is -2.21. The van der Waals surface area contributed by atoms with Gasteiger partial charge in [0.15, 0.2) is 0 Å². The van der Waals surface area contributed by atoms with Gasteiger partial charge in [-0.15, -0.1) is 0 Å². The minimum Gasteiger partial charge on any atom is -0.497 e. The molecule has 4 nitrogen and oxygen atoms in total. The molecule has 0 radical (unpaired) electrons. The number of hydrogen-bond acceptors (Lipinski definition) is 4. The van der Waals surface area contributed by atoms with Crippen molar-refractivity contribution in [3.8, 4) is 11.5 Å². The summed E-state index contributed by atoms with van der Waals surface area (Å²) in [5, 5.41) is 13.6. The fourth-order valence-corrected chi connectivity index (χ4v) is 3.16. The van der Waals surface area contributed by atoms with E-state index in [4.69, 9.17) is 9.47 Å². The molecule has 0 aromatic heterocycles. The van der Waals surface area contributed by atoms with Gasteiger partial charge in [-0.2, -0.15) is 0 Å². The summed E-state index contributed by atoms with van der Waals surface area (Å²) in [4.78, 5) is 0. The minimum absolute atomic E-state index is 0.275. The summed E-state index contributed by atoms with van der Waals surface area (Å²) in [6.07, 6.45) is 0. The molecular formula is C23H23NO3.